The standard InChI is InChI=1S/C25H16Cl4F2N2O2/c1-12(30)17-10-13(2-8-19(17)26)21-22(25(21,28)29)24(35)33-16-7-9-20(27)18(11-16)23(34)32-15-5-3-14(31)4-6-15/h2-11,21-22H,1H2,(H,32,34)(H,33,35)/t21-,22+/m0/s1. The molecule has 1 aliphatic carbocycles. The number of amides is 2. The summed E-state index contributed by atoms with van der Waals surface area (Å²) >= 11 is 25.0. The van der Waals surface area contributed by atoms with Crippen LogP contribution in [-0.2, 0) is 4.79 Å². The van der Waals surface area contributed by atoms with Gasteiger partial charge in [0.1, 0.15) is 16.0 Å². The van der Waals surface area contributed by atoms with E-state index in [-0.39, 0.29) is 26.9 Å². The Bertz CT molecular complexity index is 1350. The quantitative estimate of drug-likeness (QED) is 0.304. The third-order valence-corrected chi connectivity index (χ3v) is 7.16. The molecule has 1 fully saturated rings. The first-order valence-electron chi connectivity index (χ1n) is 10.2. The van der Waals surface area contributed by atoms with Crippen molar-refractivity contribution in [1.29, 1.82) is 0 Å². The molecule has 10 heteroatoms. The average Bonchev–Trinajstić information content (AvgIpc) is 3.38. The van der Waals surface area contributed by atoms with Crippen molar-refractivity contribution in [3.8, 4) is 0 Å². The summed E-state index contributed by atoms with van der Waals surface area (Å²) in [4.78, 5) is 25.6. The highest BCUT2D eigenvalue weighted by atomic mass is 35.5. The molecule has 3 aromatic rings. The van der Waals surface area contributed by atoms with Crippen molar-refractivity contribution in [3.63, 3.8) is 0 Å². The van der Waals surface area contributed by atoms with Crippen LogP contribution in [0.25, 0.3) is 5.83 Å². The molecule has 0 bridgehead atoms. The number of hydrogen-bond donors (Lipinski definition) is 2. The topological polar surface area (TPSA) is 58.2 Å². The highest BCUT2D eigenvalue weighted by molar-refractivity contribution is 6.53. The Hall–Kier alpha value is -2.64. The van der Waals surface area contributed by atoms with E-state index in [1.807, 2.05) is 0 Å². The van der Waals surface area contributed by atoms with Gasteiger partial charge in [-0.25, -0.2) is 8.78 Å². The lowest BCUT2D eigenvalue weighted by molar-refractivity contribution is -0.117. The van der Waals surface area contributed by atoms with Gasteiger partial charge >= 0.3 is 0 Å². The van der Waals surface area contributed by atoms with Crippen LogP contribution in [0.15, 0.2) is 67.2 Å². The minimum atomic E-state index is -1.43. The molecule has 0 radical (unpaired) electrons. The zero-order chi connectivity index (χ0) is 25.5. The summed E-state index contributed by atoms with van der Waals surface area (Å²) in [5.41, 5.74) is 1.37. The fourth-order valence-corrected chi connectivity index (χ4v) is 4.99. The molecular formula is C25H16Cl4F2N2O2. The van der Waals surface area contributed by atoms with Crippen molar-refractivity contribution in [3.05, 3.63) is 99.8 Å². The first-order chi connectivity index (χ1) is 16.5. The molecule has 2 amide bonds. The molecule has 0 aliphatic heterocycles. The van der Waals surface area contributed by atoms with E-state index in [2.05, 4.69) is 17.2 Å². The summed E-state index contributed by atoms with van der Waals surface area (Å²) in [6.07, 6.45) is 0. The van der Waals surface area contributed by atoms with Crippen molar-refractivity contribution in [1.82, 2.24) is 0 Å². The Morgan fingerprint density at radius 2 is 1.46 bits per heavy atom. The summed E-state index contributed by atoms with van der Waals surface area (Å²) in [6.45, 7) is 3.26. The summed E-state index contributed by atoms with van der Waals surface area (Å²) in [6, 6.07) is 14.1. The van der Waals surface area contributed by atoms with E-state index < -0.39 is 39.6 Å². The Morgan fingerprint density at radius 3 is 2.11 bits per heavy atom. The molecule has 3 aromatic carbocycles. The second kappa shape index (κ2) is 9.78. The smallest absolute Gasteiger partial charge is 0.257 e. The number of carbonyl (C=O) groups is 2. The molecule has 1 saturated carbocycles. The monoisotopic (exact) mass is 554 g/mol. The minimum absolute atomic E-state index is 0.0907. The maximum atomic E-state index is 13.7. The third-order valence-electron chi connectivity index (χ3n) is 5.56. The van der Waals surface area contributed by atoms with Crippen molar-refractivity contribution >= 4 is 75.4 Å². The van der Waals surface area contributed by atoms with Gasteiger partial charge in [0.15, 0.2) is 0 Å². The summed E-state index contributed by atoms with van der Waals surface area (Å²) in [7, 11) is 0. The van der Waals surface area contributed by atoms with Crippen LogP contribution < -0.4 is 10.6 Å². The fraction of sp³-hybridized carbons (Fsp3) is 0.120. The number of rotatable bonds is 6. The highest BCUT2D eigenvalue weighted by Gasteiger charge is 2.67. The molecule has 1 aliphatic rings. The molecule has 0 spiro atoms. The van der Waals surface area contributed by atoms with Gasteiger partial charge in [0.2, 0.25) is 5.91 Å². The lowest BCUT2D eigenvalue weighted by atomic mass is 10.0. The van der Waals surface area contributed by atoms with Gasteiger partial charge in [0.25, 0.3) is 5.91 Å². The molecule has 0 saturated heterocycles. The number of hydrogen-bond acceptors (Lipinski definition) is 2. The summed E-state index contributed by atoms with van der Waals surface area (Å²) < 4.78 is 25.4. The summed E-state index contributed by atoms with van der Waals surface area (Å²) in [5.74, 6) is -3.67. The van der Waals surface area contributed by atoms with Crippen LogP contribution >= 0.6 is 46.4 Å². The number of carbonyl (C=O) groups excluding carboxylic acids is 2. The van der Waals surface area contributed by atoms with Gasteiger partial charge in [0.05, 0.1) is 21.5 Å². The summed E-state index contributed by atoms with van der Waals surface area (Å²) in [5, 5.41) is 5.62. The average molecular weight is 556 g/mol. The third kappa shape index (κ3) is 5.31. The van der Waals surface area contributed by atoms with E-state index >= 15 is 0 Å². The largest absolute Gasteiger partial charge is 0.326 e. The van der Waals surface area contributed by atoms with E-state index in [1.54, 1.807) is 6.07 Å². The van der Waals surface area contributed by atoms with E-state index in [9.17, 15) is 18.4 Å². The Labute approximate surface area is 219 Å². The number of alkyl halides is 2. The number of benzene rings is 3. The van der Waals surface area contributed by atoms with Gasteiger partial charge in [-0.05, 0) is 60.2 Å². The van der Waals surface area contributed by atoms with E-state index in [4.69, 9.17) is 46.4 Å². The van der Waals surface area contributed by atoms with Crippen molar-refractivity contribution in [2.75, 3.05) is 10.6 Å². The Kier molecular flexibility index (Phi) is 7.11. The molecule has 35 heavy (non-hydrogen) atoms. The van der Waals surface area contributed by atoms with Crippen LogP contribution in [0.4, 0.5) is 20.2 Å². The molecule has 4 nitrogen and oxygen atoms in total. The van der Waals surface area contributed by atoms with Crippen LogP contribution in [0, 0.1) is 11.7 Å². The molecule has 0 heterocycles. The molecule has 2 atom stereocenters. The maximum absolute atomic E-state index is 13.7. The van der Waals surface area contributed by atoms with E-state index in [0.29, 0.717) is 11.3 Å². The van der Waals surface area contributed by atoms with Crippen LogP contribution in [0.2, 0.25) is 10.0 Å². The van der Waals surface area contributed by atoms with Crippen LogP contribution in [0.3, 0.4) is 0 Å². The van der Waals surface area contributed by atoms with Crippen molar-refractivity contribution < 1.29 is 18.4 Å². The number of nitrogens with one attached hydrogen (secondary N) is 2. The predicted octanol–water partition coefficient (Wildman–Crippen LogP) is 7.85. The van der Waals surface area contributed by atoms with Crippen LogP contribution in [-0.4, -0.2) is 16.1 Å². The Balaban J connectivity index is 1.51. The number of anilines is 2. The molecule has 2 N–H and O–H groups in total. The first-order valence-corrected chi connectivity index (χ1v) is 11.7. The lowest BCUT2D eigenvalue weighted by Crippen LogP contribution is -2.18. The highest BCUT2D eigenvalue weighted by Crippen LogP contribution is 2.65. The number of halogens is 6. The second-order valence-corrected chi connectivity index (χ2v) is 10.2. The van der Waals surface area contributed by atoms with Gasteiger partial charge in [0, 0.05) is 22.9 Å². The Morgan fingerprint density at radius 1 is 0.857 bits per heavy atom. The zero-order valence-electron chi connectivity index (χ0n) is 17.7. The van der Waals surface area contributed by atoms with Gasteiger partial charge < -0.3 is 10.6 Å². The molecule has 180 valence electrons. The van der Waals surface area contributed by atoms with Crippen molar-refractivity contribution in [2.45, 2.75) is 10.3 Å². The molecule has 0 aromatic heterocycles. The van der Waals surface area contributed by atoms with Gasteiger partial charge in [-0.2, -0.15) is 0 Å². The molecule has 4 rings (SSSR count). The van der Waals surface area contributed by atoms with Crippen molar-refractivity contribution in [2.24, 2.45) is 5.92 Å². The minimum Gasteiger partial charge on any atom is -0.326 e. The van der Waals surface area contributed by atoms with Crippen LogP contribution in [0.1, 0.15) is 27.4 Å². The second-order valence-electron chi connectivity index (χ2n) is 7.92. The lowest BCUT2D eigenvalue weighted by Gasteiger charge is -2.10. The maximum Gasteiger partial charge on any atom is 0.257 e. The molecular weight excluding hydrogens is 540 g/mol. The van der Waals surface area contributed by atoms with Crippen LogP contribution in [0.5, 0.6) is 0 Å². The zero-order valence-corrected chi connectivity index (χ0v) is 20.7. The normalized spacial score (nSPS) is 18.0. The van der Waals surface area contributed by atoms with Gasteiger partial charge in [-0.3, -0.25) is 9.59 Å². The molecule has 0 unspecified atom stereocenters. The van der Waals surface area contributed by atoms with Gasteiger partial charge in [-0.15, -0.1) is 23.2 Å². The predicted molar refractivity (Wildman–Crippen MR) is 137 cm³/mol. The fourth-order valence-electron chi connectivity index (χ4n) is 3.74. The van der Waals surface area contributed by atoms with E-state index in [1.165, 1.54) is 54.6 Å². The SMILES string of the molecule is C=C(F)c1cc([C@H]2[C@H](C(=O)Nc3ccc(Cl)c(C(=O)Nc4ccc(F)cc4)c3)C2(Cl)Cl)ccc1Cl. The van der Waals surface area contributed by atoms with Gasteiger partial charge in [-0.1, -0.05) is 35.8 Å². The van der Waals surface area contributed by atoms with E-state index in [0.717, 1.165) is 0 Å². The first kappa shape index (κ1) is 25.5.